The Morgan fingerprint density at radius 3 is 2.63 bits per heavy atom. The molecule has 1 unspecified atom stereocenters. The molecule has 0 aromatic heterocycles. The van der Waals surface area contributed by atoms with Crippen molar-refractivity contribution in [3.8, 4) is 0 Å². The second kappa shape index (κ2) is 6.38. The maximum atomic E-state index is 12.5. The van der Waals surface area contributed by atoms with Gasteiger partial charge in [-0.3, -0.25) is 4.79 Å². The zero-order valence-electron chi connectivity index (χ0n) is 10.1. The van der Waals surface area contributed by atoms with E-state index in [1.807, 2.05) is 0 Å². The molecule has 1 aromatic rings. The molecular formula is C12H13BrF3NO2. The lowest BCUT2D eigenvalue weighted by Gasteiger charge is -2.11. The number of hydrogen-bond acceptors (Lipinski definition) is 2. The number of benzene rings is 1. The molecule has 0 radical (unpaired) electrons. The van der Waals surface area contributed by atoms with Crippen LogP contribution in [0.5, 0.6) is 0 Å². The summed E-state index contributed by atoms with van der Waals surface area (Å²) in [7, 11) is 0. The number of aliphatic hydroxyl groups is 1. The van der Waals surface area contributed by atoms with Crippen LogP contribution in [0.2, 0.25) is 0 Å². The molecule has 0 aliphatic carbocycles. The Kier molecular flexibility index (Phi) is 5.37. The standard InChI is InChI=1S/C12H13BrF3NO2/c1-7(18)4-5-17-11(19)9-6-8(12(14,15)16)2-3-10(9)13/h2-3,6-7,18H,4-5H2,1H3,(H,17,19). The molecule has 0 spiro atoms. The van der Waals surface area contributed by atoms with Crippen molar-refractivity contribution >= 4 is 21.8 Å². The summed E-state index contributed by atoms with van der Waals surface area (Å²) in [6.45, 7) is 1.76. The minimum Gasteiger partial charge on any atom is -0.393 e. The second-order valence-corrected chi connectivity index (χ2v) is 4.94. The first-order chi connectivity index (χ1) is 8.71. The van der Waals surface area contributed by atoms with E-state index in [2.05, 4.69) is 21.2 Å². The quantitative estimate of drug-likeness (QED) is 0.885. The van der Waals surface area contributed by atoms with Crippen molar-refractivity contribution in [3.05, 3.63) is 33.8 Å². The van der Waals surface area contributed by atoms with Crippen molar-refractivity contribution in [1.82, 2.24) is 5.32 Å². The van der Waals surface area contributed by atoms with Crippen LogP contribution in [0.4, 0.5) is 13.2 Å². The van der Waals surface area contributed by atoms with Gasteiger partial charge in [-0.15, -0.1) is 0 Å². The van der Waals surface area contributed by atoms with Crippen LogP contribution in [0, 0.1) is 0 Å². The monoisotopic (exact) mass is 339 g/mol. The first kappa shape index (κ1) is 16.0. The van der Waals surface area contributed by atoms with Gasteiger partial charge in [-0.1, -0.05) is 0 Å². The molecule has 106 valence electrons. The highest BCUT2D eigenvalue weighted by molar-refractivity contribution is 9.10. The molecule has 2 N–H and O–H groups in total. The highest BCUT2D eigenvalue weighted by Gasteiger charge is 2.31. The van der Waals surface area contributed by atoms with Crippen molar-refractivity contribution < 1.29 is 23.1 Å². The molecule has 0 saturated carbocycles. The molecule has 7 heteroatoms. The summed E-state index contributed by atoms with van der Waals surface area (Å²) in [5.41, 5.74) is -0.961. The van der Waals surface area contributed by atoms with Crippen LogP contribution in [0.1, 0.15) is 29.3 Å². The van der Waals surface area contributed by atoms with E-state index < -0.39 is 23.8 Å². The fourth-order valence-corrected chi connectivity index (χ4v) is 1.79. The first-order valence-corrected chi connectivity index (χ1v) is 6.34. The lowest BCUT2D eigenvalue weighted by molar-refractivity contribution is -0.137. The Labute approximate surface area is 116 Å². The SMILES string of the molecule is CC(O)CCNC(=O)c1cc(C(F)(F)F)ccc1Br. The highest BCUT2D eigenvalue weighted by atomic mass is 79.9. The Hall–Kier alpha value is -1.08. The number of halogens is 4. The van der Waals surface area contributed by atoms with E-state index >= 15 is 0 Å². The molecular weight excluding hydrogens is 327 g/mol. The largest absolute Gasteiger partial charge is 0.416 e. The molecule has 1 atom stereocenters. The summed E-state index contributed by atoms with van der Waals surface area (Å²) in [6, 6.07) is 2.88. The van der Waals surface area contributed by atoms with Crippen LogP contribution in [0.3, 0.4) is 0 Å². The van der Waals surface area contributed by atoms with Crippen LogP contribution in [-0.4, -0.2) is 23.7 Å². The average molecular weight is 340 g/mol. The fraction of sp³-hybridized carbons (Fsp3) is 0.417. The topological polar surface area (TPSA) is 49.3 Å². The predicted octanol–water partition coefficient (Wildman–Crippen LogP) is 2.97. The van der Waals surface area contributed by atoms with E-state index in [1.165, 1.54) is 6.07 Å². The maximum absolute atomic E-state index is 12.5. The van der Waals surface area contributed by atoms with Crippen molar-refractivity contribution in [1.29, 1.82) is 0 Å². The maximum Gasteiger partial charge on any atom is 0.416 e. The number of nitrogens with one attached hydrogen (secondary N) is 1. The van der Waals surface area contributed by atoms with Crippen molar-refractivity contribution in [2.75, 3.05) is 6.54 Å². The molecule has 1 amide bonds. The van der Waals surface area contributed by atoms with E-state index in [1.54, 1.807) is 6.92 Å². The Morgan fingerprint density at radius 1 is 1.47 bits per heavy atom. The highest BCUT2D eigenvalue weighted by Crippen LogP contribution is 2.31. The molecule has 0 fully saturated rings. The number of aliphatic hydroxyl groups excluding tert-OH is 1. The van der Waals surface area contributed by atoms with Gasteiger partial charge in [0.1, 0.15) is 0 Å². The number of carbonyl (C=O) groups excluding carboxylic acids is 1. The first-order valence-electron chi connectivity index (χ1n) is 5.55. The summed E-state index contributed by atoms with van der Waals surface area (Å²) in [5.74, 6) is -0.612. The van der Waals surface area contributed by atoms with Gasteiger partial charge >= 0.3 is 6.18 Å². The van der Waals surface area contributed by atoms with Crippen LogP contribution >= 0.6 is 15.9 Å². The lowest BCUT2D eigenvalue weighted by atomic mass is 10.1. The smallest absolute Gasteiger partial charge is 0.393 e. The average Bonchev–Trinajstić information content (AvgIpc) is 2.27. The van der Waals surface area contributed by atoms with Gasteiger partial charge in [-0.25, -0.2) is 0 Å². The molecule has 0 bridgehead atoms. The lowest BCUT2D eigenvalue weighted by Crippen LogP contribution is -2.27. The minimum atomic E-state index is -4.49. The molecule has 3 nitrogen and oxygen atoms in total. The van der Waals surface area contributed by atoms with E-state index in [0.29, 0.717) is 6.42 Å². The molecule has 1 rings (SSSR count). The Balaban J connectivity index is 2.84. The summed E-state index contributed by atoms with van der Waals surface area (Å²) in [4.78, 5) is 11.7. The van der Waals surface area contributed by atoms with Crippen LogP contribution < -0.4 is 5.32 Å². The molecule has 1 aromatic carbocycles. The molecule has 19 heavy (non-hydrogen) atoms. The summed E-state index contributed by atoms with van der Waals surface area (Å²) in [5, 5.41) is 11.5. The van der Waals surface area contributed by atoms with Gasteiger partial charge < -0.3 is 10.4 Å². The van der Waals surface area contributed by atoms with Crippen molar-refractivity contribution in [2.45, 2.75) is 25.6 Å². The fourth-order valence-electron chi connectivity index (χ4n) is 1.37. The Morgan fingerprint density at radius 2 is 2.11 bits per heavy atom. The zero-order chi connectivity index (χ0) is 14.6. The number of carbonyl (C=O) groups is 1. The summed E-state index contributed by atoms with van der Waals surface area (Å²) in [6.07, 6.45) is -4.73. The van der Waals surface area contributed by atoms with Gasteiger partial charge in [0.25, 0.3) is 5.91 Å². The van der Waals surface area contributed by atoms with E-state index in [0.717, 1.165) is 12.1 Å². The Bertz CT molecular complexity index is 461. The summed E-state index contributed by atoms with van der Waals surface area (Å²) < 4.78 is 37.9. The number of hydrogen-bond donors (Lipinski definition) is 2. The number of rotatable bonds is 4. The molecule has 0 saturated heterocycles. The molecule has 0 aliphatic rings. The normalized spacial score (nSPS) is 13.2. The predicted molar refractivity (Wildman–Crippen MR) is 67.8 cm³/mol. The van der Waals surface area contributed by atoms with Gasteiger partial charge in [-0.2, -0.15) is 13.2 Å². The van der Waals surface area contributed by atoms with E-state index in [9.17, 15) is 18.0 Å². The third-order valence-corrected chi connectivity index (χ3v) is 3.08. The summed E-state index contributed by atoms with van der Waals surface area (Å²) >= 11 is 3.04. The van der Waals surface area contributed by atoms with E-state index in [-0.39, 0.29) is 16.6 Å². The molecule has 0 aliphatic heterocycles. The van der Waals surface area contributed by atoms with Crippen LogP contribution in [0.25, 0.3) is 0 Å². The van der Waals surface area contributed by atoms with Crippen molar-refractivity contribution in [2.24, 2.45) is 0 Å². The van der Waals surface area contributed by atoms with Gasteiger partial charge in [0.2, 0.25) is 0 Å². The van der Waals surface area contributed by atoms with Crippen LogP contribution in [0.15, 0.2) is 22.7 Å². The van der Waals surface area contributed by atoms with Gasteiger partial charge in [0, 0.05) is 11.0 Å². The zero-order valence-corrected chi connectivity index (χ0v) is 11.7. The van der Waals surface area contributed by atoms with Gasteiger partial charge in [0.15, 0.2) is 0 Å². The number of amides is 1. The third-order valence-electron chi connectivity index (χ3n) is 2.39. The van der Waals surface area contributed by atoms with Crippen molar-refractivity contribution in [3.63, 3.8) is 0 Å². The second-order valence-electron chi connectivity index (χ2n) is 4.09. The molecule has 0 heterocycles. The number of alkyl halides is 3. The third kappa shape index (κ3) is 4.83. The van der Waals surface area contributed by atoms with Gasteiger partial charge in [0.05, 0.1) is 17.2 Å². The minimum absolute atomic E-state index is 0.0829. The van der Waals surface area contributed by atoms with Crippen LogP contribution in [-0.2, 0) is 6.18 Å². The van der Waals surface area contributed by atoms with Gasteiger partial charge in [-0.05, 0) is 47.5 Å². The van der Waals surface area contributed by atoms with E-state index in [4.69, 9.17) is 5.11 Å².